The average Bonchev–Trinajstić information content (AvgIpc) is 2.15. The smallest absolute Gasteiger partial charge is 0.276 e. The zero-order valence-corrected chi connectivity index (χ0v) is 7.79. The number of nitrogens with zero attached hydrogens (tertiary/aromatic N) is 1. The molecule has 0 unspecified atom stereocenters. The van der Waals surface area contributed by atoms with Gasteiger partial charge in [-0.15, -0.1) is 0 Å². The quantitative estimate of drug-likeness (QED) is 0.593. The third-order valence-electron chi connectivity index (χ3n) is 1.84. The van der Waals surface area contributed by atoms with Gasteiger partial charge in [-0.05, 0) is 12.6 Å². The molecule has 0 aromatic heterocycles. The molecular weight excluding hydrogens is 187 g/mol. The van der Waals surface area contributed by atoms with Crippen molar-refractivity contribution in [3.63, 3.8) is 0 Å². The van der Waals surface area contributed by atoms with Crippen molar-refractivity contribution in [3.8, 4) is 0 Å². The van der Waals surface area contributed by atoms with Crippen LogP contribution in [-0.4, -0.2) is 11.5 Å². The van der Waals surface area contributed by atoms with Gasteiger partial charge in [0.15, 0.2) is 0 Å². The third-order valence-corrected chi connectivity index (χ3v) is 1.84. The normalized spacial score (nSPS) is 10.1. The van der Waals surface area contributed by atoms with Gasteiger partial charge in [0, 0.05) is 12.6 Å². The van der Waals surface area contributed by atoms with Gasteiger partial charge in [0.2, 0.25) is 0 Å². The number of benzene rings is 1. The van der Waals surface area contributed by atoms with Crippen LogP contribution in [0.5, 0.6) is 0 Å². The fourth-order valence-electron chi connectivity index (χ4n) is 1.14. The summed E-state index contributed by atoms with van der Waals surface area (Å²) in [6.07, 6.45) is 0. The first-order valence-corrected chi connectivity index (χ1v) is 4.29. The maximum absolute atomic E-state index is 13.2. The summed E-state index contributed by atoms with van der Waals surface area (Å²) in [5.74, 6) is -0.542. The molecule has 0 radical (unpaired) electrons. The first kappa shape index (κ1) is 10.6. The van der Waals surface area contributed by atoms with E-state index in [0.29, 0.717) is 6.54 Å². The lowest BCUT2D eigenvalue weighted by molar-refractivity contribution is -0.385. The Morgan fingerprint density at radius 3 is 2.86 bits per heavy atom. The Balaban J connectivity index is 3.02. The van der Waals surface area contributed by atoms with Crippen molar-refractivity contribution < 1.29 is 9.31 Å². The predicted octanol–water partition coefficient (Wildman–Crippen LogP) is 1.84. The lowest BCUT2D eigenvalue weighted by atomic mass is 10.1. The summed E-state index contributed by atoms with van der Waals surface area (Å²) in [6, 6.07) is 3.86. The molecule has 0 saturated carbocycles. The van der Waals surface area contributed by atoms with Gasteiger partial charge in [0.05, 0.1) is 10.5 Å². The van der Waals surface area contributed by atoms with Gasteiger partial charge in [-0.3, -0.25) is 10.1 Å². The molecule has 0 heterocycles. The van der Waals surface area contributed by atoms with Crippen LogP contribution in [0.2, 0.25) is 0 Å². The van der Waals surface area contributed by atoms with E-state index in [-0.39, 0.29) is 17.8 Å². The number of nitrogens with one attached hydrogen (secondary N) is 1. The Kier molecular flexibility index (Phi) is 3.53. The second-order valence-electron chi connectivity index (χ2n) is 2.77. The molecule has 1 N–H and O–H groups in total. The van der Waals surface area contributed by atoms with Gasteiger partial charge in [-0.2, -0.15) is 0 Å². The van der Waals surface area contributed by atoms with E-state index in [4.69, 9.17) is 0 Å². The van der Waals surface area contributed by atoms with Crippen molar-refractivity contribution in [3.05, 3.63) is 39.7 Å². The van der Waals surface area contributed by atoms with Crippen molar-refractivity contribution in [2.24, 2.45) is 0 Å². The van der Waals surface area contributed by atoms with Crippen LogP contribution in [0, 0.1) is 15.9 Å². The van der Waals surface area contributed by atoms with E-state index in [9.17, 15) is 14.5 Å². The summed E-state index contributed by atoms with van der Waals surface area (Å²) in [7, 11) is 0. The molecule has 0 fully saturated rings. The van der Waals surface area contributed by atoms with Gasteiger partial charge >= 0.3 is 0 Å². The van der Waals surface area contributed by atoms with Gasteiger partial charge < -0.3 is 5.32 Å². The highest BCUT2D eigenvalue weighted by Gasteiger charge is 2.16. The second kappa shape index (κ2) is 4.66. The Morgan fingerprint density at radius 1 is 1.57 bits per heavy atom. The summed E-state index contributed by atoms with van der Waals surface area (Å²) < 4.78 is 13.2. The lowest BCUT2D eigenvalue weighted by Gasteiger charge is -2.04. The van der Waals surface area contributed by atoms with E-state index in [1.165, 1.54) is 18.2 Å². The van der Waals surface area contributed by atoms with E-state index in [0.717, 1.165) is 0 Å². The molecule has 1 aromatic carbocycles. The molecule has 1 rings (SSSR count). The van der Waals surface area contributed by atoms with Crippen molar-refractivity contribution in [1.82, 2.24) is 5.32 Å². The number of hydrogen-bond acceptors (Lipinski definition) is 3. The minimum atomic E-state index is -0.574. The number of nitro benzene ring substituents is 1. The van der Waals surface area contributed by atoms with Gasteiger partial charge in [0.25, 0.3) is 5.69 Å². The van der Waals surface area contributed by atoms with Gasteiger partial charge in [0.1, 0.15) is 5.82 Å². The van der Waals surface area contributed by atoms with Crippen molar-refractivity contribution >= 4 is 5.69 Å². The minimum absolute atomic E-state index is 0.111. The average molecular weight is 198 g/mol. The van der Waals surface area contributed by atoms with E-state index in [2.05, 4.69) is 5.32 Å². The van der Waals surface area contributed by atoms with Crippen LogP contribution in [0.25, 0.3) is 0 Å². The van der Waals surface area contributed by atoms with Crippen LogP contribution in [0.1, 0.15) is 12.5 Å². The predicted molar refractivity (Wildman–Crippen MR) is 50.4 cm³/mol. The minimum Gasteiger partial charge on any atom is -0.313 e. The van der Waals surface area contributed by atoms with E-state index < -0.39 is 10.7 Å². The Labute approximate surface area is 80.9 Å². The molecule has 76 valence electrons. The summed E-state index contributed by atoms with van der Waals surface area (Å²) in [4.78, 5) is 9.97. The Hall–Kier alpha value is -1.49. The number of nitro groups is 1. The molecule has 0 aliphatic heterocycles. The molecule has 0 saturated heterocycles. The monoisotopic (exact) mass is 198 g/mol. The highest BCUT2D eigenvalue weighted by atomic mass is 19.1. The molecule has 1 aromatic rings. The summed E-state index contributed by atoms with van der Waals surface area (Å²) in [5.41, 5.74) is -0.0645. The van der Waals surface area contributed by atoms with Crippen molar-refractivity contribution in [2.45, 2.75) is 13.5 Å². The highest BCUT2D eigenvalue weighted by molar-refractivity contribution is 5.40. The molecule has 0 atom stereocenters. The molecule has 0 aliphatic rings. The molecule has 4 nitrogen and oxygen atoms in total. The summed E-state index contributed by atoms with van der Waals surface area (Å²) >= 11 is 0. The maximum atomic E-state index is 13.2. The summed E-state index contributed by atoms with van der Waals surface area (Å²) in [5, 5.41) is 13.4. The first-order chi connectivity index (χ1) is 6.66. The molecule has 0 amide bonds. The van der Waals surface area contributed by atoms with Gasteiger partial charge in [-0.25, -0.2) is 4.39 Å². The van der Waals surface area contributed by atoms with Crippen molar-refractivity contribution in [1.29, 1.82) is 0 Å². The molecule has 5 heteroatoms. The molecular formula is C9H11FN2O2. The summed E-state index contributed by atoms with van der Waals surface area (Å²) in [6.45, 7) is 2.68. The first-order valence-electron chi connectivity index (χ1n) is 4.29. The topological polar surface area (TPSA) is 55.2 Å². The third kappa shape index (κ3) is 2.26. The Morgan fingerprint density at radius 2 is 2.29 bits per heavy atom. The van der Waals surface area contributed by atoms with Crippen LogP contribution in [-0.2, 0) is 6.54 Å². The van der Waals surface area contributed by atoms with Crippen LogP contribution < -0.4 is 5.32 Å². The lowest BCUT2D eigenvalue weighted by Crippen LogP contribution is -2.14. The highest BCUT2D eigenvalue weighted by Crippen LogP contribution is 2.20. The van der Waals surface area contributed by atoms with E-state index in [1.807, 2.05) is 6.92 Å². The van der Waals surface area contributed by atoms with E-state index in [1.54, 1.807) is 0 Å². The van der Waals surface area contributed by atoms with Crippen LogP contribution in [0.3, 0.4) is 0 Å². The Bertz CT molecular complexity index is 342. The number of halogens is 1. The van der Waals surface area contributed by atoms with Crippen LogP contribution >= 0.6 is 0 Å². The zero-order chi connectivity index (χ0) is 10.6. The van der Waals surface area contributed by atoms with Crippen molar-refractivity contribution in [2.75, 3.05) is 6.54 Å². The molecule has 0 aliphatic carbocycles. The fraction of sp³-hybridized carbons (Fsp3) is 0.333. The number of hydrogen-bond donors (Lipinski definition) is 1. The molecule has 0 spiro atoms. The molecule has 14 heavy (non-hydrogen) atoms. The van der Waals surface area contributed by atoms with Crippen LogP contribution in [0.4, 0.5) is 10.1 Å². The molecule has 0 bridgehead atoms. The zero-order valence-electron chi connectivity index (χ0n) is 7.79. The largest absolute Gasteiger partial charge is 0.313 e. The fourth-order valence-corrected chi connectivity index (χ4v) is 1.14. The SMILES string of the molecule is CCNCc1c(F)cccc1[N+](=O)[O-]. The van der Waals surface area contributed by atoms with Crippen LogP contribution in [0.15, 0.2) is 18.2 Å². The van der Waals surface area contributed by atoms with Gasteiger partial charge in [-0.1, -0.05) is 13.0 Å². The second-order valence-corrected chi connectivity index (χ2v) is 2.77. The number of rotatable bonds is 4. The standard InChI is InChI=1S/C9H11FN2O2/c1-2-11-6-7-8(10)4-3-5-9(7)12(13)14/h3-5,11H,2,6H2,1H3. The maximum Gasteiger partial charge on any atom is 0.276 e. The van der Waals surface area contributed by atoms with E-state index >= 15 is 0 Å².